The summed E-state index contributed by atoms with van der Waals surface area (Å²) >= 11 is 0. The van der Waals surface area contributed by atoms with Crippen LogP contribution in [0.25, 0.3) is 11.0 Å². The molecule has 0 aliphatic rings. The Hall–Kier alpha value is -1.44. The number of aryl methyl sites for hydroxylation is 1. The molecule has 2 rings (SSSR count). The summed E-state index contributed by atoms with van der Waals surface area (Å²) in [5.41, 5.74) is 4.43. The number of rotatable bonds is 3. The molecule has 2 nitrogen and oxygen atoms in total. The maximum atomic E-state index is 4.66. The van der Waals surface area contributed by atoms with Crippen LogP contribution in [0, 0.1) is 5.92 Å². The normalized spacial score (nSPS) is 11.2. The highest BCUT2D eigenvalue weighted by molar-refractivity contribution is 5.74. The van der Waals surface area contributed by atoms with Crippen LogP contribution in [0.2, 0.25) is 0 Å². The van der Waals surface area contributed by atoms with Gasteiger partial charge in [0.2, 0.25) is 0 Å². The van der Waals surface area contributed by atoms with Crippen molar-refractivity contribution in [2.75, 3.05) is 0 Å². The van der Waals surface area contributed by atoms with Crippen molar-refractivity contribution in [2.45, 2.75) is 33.6 Å². The van der Waals surface area contributed by atoms with Gasteiger partial charge in [0.05, 0.1) is 16.7 Å². The molecule has 0 N–H and O–H groups in total. The number of benzene rings is 1. The van der Waals surface area contributed by atoms with Crippen LogP contribution in [0.5, 0.6) is 0 Å². The van der Waals surface area contributed by atoms with Crippen LogP contribution < -0.4 is 0 Å². The molecule has 0 radical (unpaired) electrons. The molecule has 0 saturated heterocycles. The summed E-state index contributed by atoms with van der Waals surface area (Å²) in [5, 5.41) is 0. The lowest BCUT2D eigenvalue weighted by Crippen LogP contribution is -1.99. The van der Waals surface area contributed by atoms with Crippen LogP contribution in [0.15, 0.2) is 24.4 Å². The average Bonchev–Trinajstić information content (AvgIpc) is 2.27. The van der Waals surface area contributed by atoms with E-state index in [0.717, 1.165) is 29.6 Å². The van der Waals surface area contributed by atoms with Gasteiger partial charge in [0, 0.05) is 6.20 Å². The molecule has 0 aliphatic heterocycles. The quantitative estimate of drug-likeness (QED) is 0.782. The Labute approximate surface area is 96.7 Å². The topological polar surface area (TPSA) is 25.8 Å². The molecule has 1 heterocycles. The Bertz CT molecular complexity index is 489. The van der Waals surface area contributed by atoms with Crippen LogP contribution in [-0.2, 0) is 12.8 Å². The van der Waals surface area contributed by atoms with Crippen molar-refractivity contribution in [1.82, 2.24) is 9.97 Å². The number of hydrogen-bond donors (Lipinski definition) is 0. The van der Waals surface area contributed by atoms with Crippen molar-refractivity contribution in [3.05, 3.63) is 35.7 Å². The highest BCUT2D eigenvalue weighted by Crippen LogP contribution is 2.14. The number of aromatic nitrogens is 2. The van der Waals surface area contributed by atoms with E-state index in [0.29, 0.717) is 5.92 Å². The Morgan fingerprint density at radius 3 is 2.69 bits per heavy atom. The molecule has 0 saturated carbocycles. The van der Waals surface area contributed by atoms with E-state index in [1.54, 1.807) is 0 Å². The van der Waals surface area contributed by atoms with Gasteiger partial charge in [-0.25, -0.2) is 4.98 Å². The van der Waals surface area contributed by atoms with Crippen LogP contribution in [0.3, 0.4) is 0 Å². The summed E-state index contributed by atoms with van der Waals surface area (Å²) in [5.74, 6) is 0.626. The minimum atomic E-state index is 0.626. The Morgan fingerprint density at radius 2 is 2.00 bits per heavy atom. The van der Waals surface area contributed by atoms with E-state index in [1.165, 1.54) is 5.56 Å². The lowest BCUT2D eigenvalue weighted by atomic mass is 10.1. The van der Waals surface area contributed by atoms with Gasteiger partial charge in [-0.1, -0.05) is 26.8 Å². The molecule has 84 valence electrons. The maximum absolute atomic E-state index is 4.66. The first-order valence-corrected chi connectivity index (χ1v) is 5.93. The molecule has 0 aliphatic carbocycles. The van der Waals surface area contributed by atoms with E-state index in [1.807, 2.05) is 6.20 Å². The summed E-state index contributed by atoms with van der Waals surface area (Å²) in [4.78, 5) is 9.11. The third-order valence-corrected chi connectivity index (χ3v) is 2.68. The van der Waals surface area contributed by atoms with Gasteiger partial charge in [-0.15, -0.1) is 0 Å². The summed E-state index contributed by atoms with van der Waals surface area (Å²) in [6.45, 7) is 6.56. The van der Waals surface area contributed by atoms with Crippen LogP contribution in [0.1, 0.15) is 32.0 Å². The van der Waals surface area contributed by atoms with Gasteiger partial charge >= 0.3 is 0 Å². The molecule has 0 fully saturated rings. The summed E-state index contributed by atoms with van der Waals surface area (Å²) in [7, 11) is 0. The minimum absolute atomic E-state index is 0.626. The Kier molecular flexibility index (Phi) is 3.18. The van der Waals surface area contributed by atoms with E-state index >= 15 is 0 Å². The number of hydrogen-bond acceptors (Lipinski definition) is 2. The first kappa shape index (κ1) is 11.1. The highest BCUT2D eigenvalue weighted by Gasteiger charge is 2.03. The molecule has 0 atom stereocenters. The lowest BCUT2D eigenvalue weighted by molar-refractivity contribution is 0.635. The fourth-order valence-corrected chi connectivity index (χ4v) is 1.83. The van der Waals surface area contributed by atoms with Crippen molar-refractivity contribution in [3.63, 3.8) is 0 Å². The van der Waals surface area contributed by atoms with Crippen molar-refractivity contribution in [2.24, 2.45) is 5.92 Å². The first-order chi connectivity index (χ1) is 7.69. The zero-order valence-electron chi connectivity index (χ0n) is 10.2. The van der Waals surface area contributed by atoms with Crippen molar-refractivity contribution in [3.8, 4) is 0 Å². The molecule has 2 aromatic rings. The molecular formula is C14H18N2. The second-order valence-electron chi connectivity index (χ2n) is 4.64. The molecule has 0 bridgehead atoms. The zero-order valence-corrected chi connectivity index (χ0v) is 10.2. The van der Waals surface area contributed by atoms with E-state index < -0.39 is 0 Å². The zero-order chi connectivity index (χ0) is 11.5. The van der Waals surface area contributed by atoms with Crippen molar-refractivity contribution >= 4 is 11.0 Å². The first-order valence-electron chi connectivity index (χ1n) is 5.93. The highest BCUT2D eigenvalue weighted by atomic mass is 14.8. The third-order valence-electron chi connectivity index (χ3n) is 2.68. The lowest BCUT2D eigenvalue weighted by Gasteiger charge is -2.05. The maximum Gasteiger partial charge on any atom is 0.0892 e. The van der Waals surface area contributed by atoms with Gasteiger partial charge in [0.25, 0.3) is 0 Å². The van der Waals surface area contributed by atoms with Gasteiger partial charge in [0.1, 0.15) is 0 Å². The van der Waals surface area contributed by atoms with Crippen LogP contribution in [-0.4, -0.2) is 9.97 Å². The third kappa shape index (κ3) is 2.38. The predicted molar refractivity (Wildman–Crippen MR) is 67.5 cm³/mol. The summed E-state index contributed by atoms with van der Waals surface area (Å²) in [6, 6.07) is 6.33. The smallest absolute Gasteiger partial charge is 0.0892 e. The molecule has 16 heavy (non-hydrogen) atoms. The molecule has 2 heteroatoms. The van der Waals surface area contributed by atoms with Gasteiger partial charge < -0.3 is 0 Å². The Morgan fingerprint density at radius 1 is 1.19 bits per heavy atom. The SMILES string of the molecule is CCc1ccc2ncc(CC(C)C)nc2c1. The van der Waals surface area contributed by atoms with Gasteiger partial charge in [0.15, 0.2) is 0 Å². The molecule has 1 aromatic heterocycles. The van der Waals surface area contributed by atoms with Crippen molar-refractivity contribution in [1.29, 1.82) is 0 Å². The largest absolute Gasteiger partial charge is 0.253 e. The fraction of sp³-hybridized carbons (Fsp3) is 0.429. The molecule has 0 spiro atoms. The standard InChI is InChI=1S/C14H18N2/c1-4-11-5-6-13-14(8-11)16-12(9-15-13)7-10(2)3/h5-6,8-10H,4,7H2,1-3H3. The van der Waals surface area contributed by atoms with E-state index in [-0.39, 0.29) is 0 Å². The van der Waals surface area contributed by atoms with Crippen molar-refractivity contribution < 1.29 is 0 Å². The van der Waals surface area contributed by atoms with E-state index in [9.17, 15) is 0 Å². The van der Waals surface area contributed by atoms with Gasteiger partial charge in [-0.2, -0.15) is 0 Å². The fourth-order valence-electron chi connectivity index (χ4n) is 1.83. The minimum Gasteiger partial charge on any atom is -0.253 e. The average molecular weight is 214 g/mol. The molecule has 0 unspecified atom stereocenters. The number of fused-ring (bicyclic) bond motifs is 1. The number of nitrogens with zero attached hydrogens (tertiary/aromatic N) is 2. The molecule has 0 amide bonds. The molecular weight excluding hydrogens is 196 g/mol. The molecule has 1 aromatic carbocycles. The Balaban J connectivity index is 2.42. The van der Waals surface area contributed by atoms with Gasteiger partial charge in [-0.3, -0.25) is 4.98 Å². The predicted octanol–water partition coefficient (Wildman–Crippen LogP) is 3.39. The van der Waals surface area contributed by atoms with E-state index in [4.69, 9.17) is 0 Å². The van der Waals surface area contributed by atoms with Crippen LogP contribution >= 0.6 is 0 Å². The summed E-state index contributed by atoms with van der Waals surface area (Å²) in [6.07, 6.45) is 3.94. The van der Waals surface area contributed by atoms with Gasteiger partial charge in [-0.05, 0) is 36.5 Å². The summed E-state index contributed by atoms with van der Waals surface area (Å²) < 4.78 is 0. The van der Waals surface area contributed by atoms with Crippen LogP contribution in [0.4, 0.5) is 0 Å². The second-order valence-corrected chi connectivity index (χ2v) is 4.64. The second kappa shape index (κ2) is 4.60. The monoisotopic (exact) mass is 214 g/mol. The van der Waals surface area contributed by atoms with E-state index in [2.05, 4.69) is 48.9 Å².